The highest BCUT2D eigenvalue weighted by Crippen LogP contribution is 2.17. The lowest BCUT2D eigenvalue weighted by molar-refractivity contribution is -0.150. The Morgan fingerprint density at radius 3 is 2.50 bits per heavy atom. The van der Waals surface area contributed by atoms with Gasteiger partial charge in [0.2, 0.25) is 0 Å². The molecule has 0 aromatic carbocycles. The number of carbonyl (C=O) groups is 1. The van der Waals surface area contributed by atoms with Crippen LogP contribution in [0.1, 0.15) is 46.5 Å². The summed E-state index contributed by atoms with van der Waals surface area (Å²) in [6, 6.07) is 0. The van der Waals surface area contributed by atoms with Crippen molar-refractivity contribution in [3.05, 3.63) is 0 Å². The van der Waals surface area contributed by atoms with Crippen molar-refractivity contribution in [2.75, 3.05) is 38.4 Å². The molecule has 4 nitrogen and oxygen atoms in total. The van der Waals surface area contributed by atoms with Gasteiger partial charge in [-0.1, -0.05) is 13.3 Å². The average molecular weight is 305 g/mol. The molecule has 0 aliphatic rings. The lowest BCUT2D eigenvalue weighted by Gasteiger charge is -2.28. The summed E-state index contributed by atoms with van der Waals surface area (Å²) in [6.07, 6.45) is 4.12. The molecule has 0 saturated carbocycles. The van der Waals surface area contributed by atoms with E-state index in [2.05, 4.69) is 5.32 Å². The number of methoxy groups -OCH3 is 1. The second-order valence-corrected chi connectivity index (χ2v) is 6.22. The Labute approximate surface area is 128 Å². The zero-order valence-electron chi connectivity index (χ0n) is 13.5. The van der Waals surface area contributed by atoms with Gasteiger partial charge in [0, 0.05) is 13.7 Å². The summed E-state index contributed by atoms with van der Waals surface area (Å²) < 4.78 is 10.2. The number of rotatable bonds is 13. The van der Waals surface area contributed by atoms with E-state index < -0.39 is 5.54 Å². The third-order valence-corrected chi connectivity index (χ3v) is 4.30. The first-order chi connectivity index (χ1) is 9.60. The Balaban J connectivity index is 3.83. The summed E-state index contributed by atoms with van der Waals surface area (Å²) in [6.45, 7) is 7.87. The molecule has 0 rings (SSSR count). The Hall–Kier alpha value is -0.260. The summed E-state index contributed by atoms with van der Waals surface area (Å²) >= 11 is 1.96. The van der Waals surface area contributed by atoms with Gasteiger partial charge in [0.05, 0.1) is 6.61 Å². The van der Waals surface area contributed by atoms with Gasteiger partial charge >= 0.3 is 5.97 Å². The fraction of sp³-hybridized carbons (Fsp3) is 0.933. The Morgan fingerprint density at radius 1 is 1.20 bits per heavy atom. The van der Waals surface area contributed by atoms with Gasteiger partial charge in [-0.3, -0.25) is 4.79 Å². The first-order valence-electron chi connectivity index (χ1n) is 7.59. The van der Waals surface area contributed by atoms with Crippen molar-refractivity contribution >= 4 is 17.7 Å². The molecule has 1 N–H and O–H groups in total. The van der Waals surface area contributed by atoms with E-state index in [1.165, 1.54) is 0 Å². The molecule has 1 unspecified atom stereocenters. The zero-order valence-corrected chi connectivity index (χ0v) is 14.3. The minimum atomic E-state index is -0.536. The number of esters is 1. The second kappa shape index (κ2) is 12.5. The van der Waals surface area contributed by atoms with Crippen LogP contribution in [-0.2, 0) is 14.3 Å². The van der Waals surface area contributed by atoms with Crippen LogP contribution >= 0.6 is 11.8 Å². The number of thioether (sulfide) groups is 1. The number of carbonyl (C=O) groups excluding carboxylic acids is 1. The van der Waals surface area contributed by atoms with Crippen LogP contribution in [0, 0.1) is 0 Å². The van der Waals surface area contributed by atoms with Crippen molar-refractivity contribution in [1.82, 2.24) is 5.32 Å². The van der Waals surface area contributed by atoms with Crippen LogP contribution in [0.25, 0.3) is 0 Å². The largest absolute Gasteiger partial charge is 0.465 e. The molecular weight excluding hydrogens is 274 g/mol. The minimum Gasteiger partial charge on any atom is -0.465 e. The summed E-state index contributed by atoms with van der Waals surface area (Å²) in [7, 11) is 1.74. The highest BCUT2D eigenvalue weighted by atomic mass is 32.2. The minimum absolute atomic E-state index is 0.130. The number of ether oxygens (including phenoxy) is 2. The Morgan fingerprint density at radius 2 is 1.90 bits per heavy atom. The third-order valence-electron chi connectivity index (χ3n) is 3.15. The lowest BCUT2D eigenvalue weighted by atomic mass is 9.95. The smallest absolute Gasteiger partial charge is 0.326 e. The molecular formula is C15H31NO3S. The maximum atomic E-state index is 12.0. The molecule has 0 aliphatic carbocycles. The standard InChI is InChI=1S/C15H31NO3S/c1-5-16-15(3,14(17)19-6-2)10-7-8-12-20-13-9-11-18-4/h16H,5-13H2,1-4H3. The van der Waals surface area contributed by atoms with Crippen LogP contribution in [0.3, 0.4) is 0 Å². The number of likely N-dealkylation sites (N-methyl/N-ethyl adjacent to an activating group) is 1. The second-order valence-electron chi connectivity index (χ2n) is 5.00. The summed E-state index contributed by atoms with van der Waals surface area (Å²) in [5.74, 6) is 2.17. The topological polar surface area (TPSA) is 47.6 Å². The van der Waals surface area contributed by atoms with Crippen molar-refractivity contribution in [1.29, 1.82) is 0 Å². The Bertz CT molecular complexity index is 251. The van der Waals surface area contributed by atoms with Crippen LogP contribution in [0.15, 0.2) is 0 Å². The maximum absolute atomic E-state index is 12.0. The van der Waals surface area contributed by atoms with E-state index in [0.717, 1.165) is 50.3 Å². The Kier molecular flexibility index (Phi) is 12.3. The summed E-state index contributed by atoms with van der Waals surface area (Å²) in [5.41, 5.74) is -0.536. The molecule has 5 heteroatoms. The molecule has 0 amide bonds. The van der Waals surface area contributed by atoms with Gasteiger partial charge in [0.15, 0.2) is 0 Å². The van der Waals surface area contributed by atoms with Crippen LogP contribution in [0.4, 0.5) is 0 Å². The van der Waals surface area contributed by atoms with Gasteiger partial charge in [-0.05, 0) is 51.2 Å². The highest BCUT2D eigenvalue weighted by molar-refractivity contribution is 7.99. The number of nitrogens with one attached hydrogen (secondary N) is 1. The van der Waals surface area contributed by atoms with Gasteiger partial charge < -0.3 is 14.8 Å². The number of unbranched alkanes of at least 4 members (excludes halogenated alkanes) is 1. The van der Waals surface area contributed by atoms with Crippen LogP contribution in [0.2, 0.25) is 0 Å². The predicted octanol–water partition coefficient (Wildman–Crippen LogP) is 2.86. The molecule has 0 heterocycles. The van der Waals surface area contributed by atoms with Crippen LogP contribution in [-0.4, -0.2) is 49.9 Å². The molecule has 0 aromatic rings. The molecule has 0 saturated heterocycles. The van der Waals surface area contributed by atoms with E-state index in [4.69, 9.17) is 9.47 Å². The fourth-order valence-corrected chi connectivity index (χ4v) is 2.97. The first-order valence-corrected chi connectivity index (χ1v) is 8.75. The molecule has 0 fully saturated rings. The van der Waals surface area contributed by atoms with Crippen LogP contribution in [0.5, 0.6) is 0 Å². The van der Waals surface area contributed by atoms with E-state index in [0.29, 0.717) is 6.61 Å². The molecule has 120 valence electrons. The zero-order chi connectivity index (χ0) is 15.3. The van der Waals surface area contributed by atoms with E-state index in [9.17, 15) is 4.79 Å². The fourth-order valence-electron chi connectivity index (χ4n) is 2.03. The SMILES string of the molecule is CCNC(C)(CCCCSCCCOC)C(=O)OCC. The monoisotopic (exact) mass is 305 g/mol. The van der Waals surface area contributed by atoms with Crippen molar-refractivity contribution in [2.45, 2.75) is 52.0 Å². The van der Waals surface area contributed by atoms with Crippen molar-refractivity contribution < 1.29 is 14.3 Å². The highest BCUT2D eigenvalue weighted by Gasteiger charge is 2.32. The van der Waals surface area contributed by atoms with E-state index in [-0.39, 0.29) is 5.97 Å². The van der Waals surface area contributed by atoms with Gasteiger partial charge in [-0.2, -0.15) is 11.8 Å². The summed E-state index contributed by atoms with van der Waals surface area (Å²) in [4.78, 5) is 12.0. The molecule has 0 radical (unpaired) electrons. The quantitative estimate of drug-likeness (QED) is 0.419. The molecule has 20 heavy (non-hydrogen) atoms. The lowest BCUT2D eigenvalue weighted by Crippen LogP contribution is -2.50. The maximum Gasteiger partial charge on any atom is 0.326 e. The van der Waals surface area contributed by atoms with Gasteiger partial charge in [0.1, 0.15) is 5.54 Å². The van der Waals surface area contributed by atoms with Crippen molar-refractivity contribution in [2.24, 2.45) is 0 Å². The normalized spacial score (nSPS) is 14.0. The van der Waals surface area contributed by atoms with E-state index in [1.807, 2.05) is 32.5 Å². The molecule has 0 aromatic heterocycles. The van der Waals surface area contributed by atoms with Gasteiger partial charge in [0.25, 0.3) is 0 Å². The predicted molar refractivity (Wildman–Crippen MR) is 86.4 cm³/mol. The molecule has 0 aliphatic heterocycles. The van der Waals surface area contributed by atoms with Gasteiger partial charge in [-0.15, -0.1) is 0 Å². The molecule has 0 bridgehead atoms. The first kappa shape index (κ1) is 19.7. The van der Waals surface area contributed by atoms with Crippen LogP contribution < -0.4 is 5.32 Å². The number of hydrogen-bond acceptors (Lipinski definition) is 5. The van der Waals surface area contributed by atoms with Crippen molar-refractivity contribution in [3.63, 3.8) is 0 Å². The summed E-state index contributed by atoms with van der Waals surface area (Å²) in [5, 5.41) is 3.26. The molecule has 1 atom stereocenters. The third kappa shape index (κ3) is 8.82. The van der Waals surface area contributed by atoms with Gasteiger partial charge in [-0.25, -0.2) is 0 Å². The van der Waals surface area contributed by atoms with E-state index in [1.54, 1.807) is 7.11 Å². The van der Waals surface area contributed by atoms with Crippen molar-refractivity contribution in [3.8, 4) is 0 Å². The van der Waals surface area contributed by atoms with E-state index >= 15 is 0 Å². The average Bonchev–Trinajstić information content (AvgIpc) is 2.42. The number of hydrogen-bond donors (Lipinski definition) is 1. The molecule has 0 spiro atoms.